The minimum absolute atomic E-state index is 0.0725. The maximum atomic E-state index is 13.4. The lowest BCUT2D eigenvalue weighted by Crippen LogP contribution is -2.47. The molecule has 4 aromatic rings. The molecular formula is C25H21FN4O6S. The Morgan fingerprint density at radius 1 is 1.19 bits per heavy atom. The smallest absolute Gasteiger partial charge is 0.348 e. The number of thiophene rings is 1. The number of aryl methyl sites for hydroxylation is 1. The molecular weight excluding hydrogens is 503 g/mol. The van der Waals surface area contributed by atoms with Crippen molar-refractivity contribution in [2.24, 2.45) is 0 Å². The molecule has 0 saturated heterocycles. The minimum atomic E-state index is -0.912. The molecule has 10 nitrogen and oxygen atoms in total. The first-order chi connectivity index (χ1) is 17.9. The van der Waals surface area contributed by atoms with E-state index in [9.17, 15) is 18.8 Å². The van der Waals surface area contributed by atoms with Crippen LogP contribution in [0.15, 0.2) is 64.4 Å². The van der Waals surface area contributed by atoms with Crippen LogP contribution >= 0.6 is 11.3 Å². The van der Waals surface area contributed by atoms with Crippen LogP contribution in [-0.4, -0.2) is 41.0 Å². The van der Waals surface area contributed by atoms with Crippen LogP contribution in [0.25, 0.3) is 15.9 Å². The molecule has 1 aliphatic rings. The van der Waals surface area contributed by atoms with Crippen LogP contribution < -0.4 is 10.6 Å². The number of hydrogen-bond donors (Lipinski definition) is 2. The highest BCUT2D eigenvalue weighted by atomic mass is 32.1. The number of hydrogen-bond acceptors (Lipinski definition) is 8. The molecule has 2 amide bonds. The quantitative estimate of drug-likeness (QED) is 0.348. The number of urea groups is 1. The number of carbonyl (C=O) groups excluding carboxylic acids is 3. The number of carbonyl (C=O) groups is 3. The van der Waals surface area contributed by atoms with Gasteiger partial charge in [0, 0.05) is 5.39 Å². The van der Waals surface area contributed by atoms with Crippen molar-refractivity contribution in [3.05, 3.63) is 82.1 Å². The molecule has 3 aromatic heterocycles. The van der Waals surface area contributed by atoms with Gasteiger partial charge in [-0.3, -0.25) is 0 Å². The Kier molecular flexibility index (Phi) is 6.49. The Balaban J connectivity index is 1.42. The van der Waals surface area contributed by atoms with Gasteiger partial charge in [-0.05, 0) is 56.3 Å². The van der Waals surface area contributed by atoms with E-state index in [2.05, 4.69) is 15.7 Å². The van der Waals surface area contributed by atoms with Crippen molar-refractivity contribution in [1.82, 2.24) is 20.4 Å². The molecule has 0 saturated carbocycles. The number of rotatable bonds is 7. The van der Waals surface area contributed by atoms with Crippen molar-refractivity contribution in [1.29, 1.82) is 0 Å². The summed E-state index contributed by atoms with van der Waals surface area (Å²) in [5.74, 6) is -1.37. The summed E-state index contributed by atoms with van der Waals surface area (Å²) < 4.78 is 31.1. The Bertz CT molecular complexity index is 1520. The Morgan fingerprint density at radius 3 is 2.68 bits per heavy atom. The first-order valence-electron chi connectivity index (χ1n) is 11.3. The first kappa shape index (κ1) is 24.3. The lowest BCUT2D eigenvalue weighted by molar-refractivity contribution is -0.139. The van der Waals surface area contributed by atoms with E-state index in [1.54, 1.807) is 48.9 Å². The van der Waals surface area contributed by atoms with Crippen LogP contribution in [0.5, 0.6) is 0 Å². The van der Waals surface area contributed by atoms with E-state index >= 15 is 0 Å². The zero-order valence-corrected chi connectivity index (χ0v) is 20.6. The van der Waals surface area contributed by atoms with Crippen molar-refractivity contribution < 1.29 is 32.7 Å². The van der Waals surface area contributed by atoms with Gasteiger partial charge < -0.3 is 24.5 Å². The highest BCUT2D eigenvalue weighted by Gasteiger charge is 2.36. The van der Waals surface area contributed by atoms with Gasteiger partial charge in [0.05, 0.1) is 35.5 Å². The Hall–Kier alpha value is -4.45. The fourth-order valence-electron chi connectivity index (χ4n) is 3.96. The van der Waals surface area contributed by atoms with E-state index in [4.69, 9.17) is 13.9 Å². The number of fused-ring (bicyclic) bond motifs is 1. The maximum absolute atomic E-state index is 13.4. The van der Waals surface area contributed by atoms with E-state index in [-0.39, 0.29) is 30.3 Å². The number of halogens is 1. The van der Waals surface area contributed by atoms with Gasteiger partial charge in [0.25, 0.3) is 0 Å². The van der Waals surface area contributed by atoms with Gasteiger partial charge in [-0.15, -0.1) is 11.3 Å². The summed E-state index contributed by atoms with van der Waals surface area (Å²) >= 11 is 1.16. The third-order valence-electron chi connectivity index (χ3n) is 5.64. The lowest BCUT2D eigenvalue weighted by Gasteiger charge is -2.27. The molecule has 0 bridgehead atoms. The average molecular weight is 525 g/mol. The van der Waals surface area contributed by atoms with Gasteiger partial charge in [-0.1, -0.05) is 0 Å². The monoisotopic (exact) mass is 524 g/mol. The first-order valence-corrected chi connectivity index (χ1v) is 12.1. The fraction of sp³-hybridized carbons (Fsp3) is 0.200. The van der Waals surface area contributed by atoms with Crippen LogP contribution in [-0.2, 0) is 14.3 Å². The zero-order valence-electron chi connectivity index (χ0n) is 19.7. The average Bonchev–Trinajstić information content (AvgIpc) is 3.62. The van der Waals surface area contributed by atoms with Crippen molar-refractivity contribution in [3.8, 4) is 5.69 Å². The van der Waals surface area contributed by atoms with E-state index in [1.807, 2.05) is 0 Å². The molecule has 12 heteroatoms. The standard InChI is InChI=1S/C25H21FN4O6S/c1-3-34-24(32)20-17(27-25(33)28-21(20)18-5-4-10-35-18)12-36-23(31)19-11-16-13(2)29-30(22(16)37-19)15-8-6-14(26)7-9-15/h4-11,21H,3,12H2,1-2H3,(H2,27,28,33). The van der Waals surface area contributed by atoms with E-state index in [1.165, 1.54) is 18.4 Å². The van der Waals surface area contributed by atoms with Crippen molar-refractivity contribution in [3.63, 3.8) is 0 Å². The highest BCUT2D eigenvalue weighted by Crippen LogP contribution is 2.32. The second-order valence-electron chi connectivity index (χ2n) is 8.04. The largest absolute Gasteiger partial charge is 0.467 e. The molecule has 1 atom stereocenters. The number of furan rings is 1. The second kappa shape index (κ2) is 9.90. The normalized spacial score (nSPS) is 15.4. The zero-order chi connectivity index (χ0) is 26.1. The minimum Gasteiger partial charge on any atom is -0.467 e. The predicted octanol–water partition coefficient (Wildman–Crippen LogP) is 4.16. The molecule has 0 aliphatic carbocycles. The van der Waals surface area contributed by atoms with Crippen LogP contribution in [0.3, 0.4) is 0 Å². The fourth-order valence-corrected chi connectivity index (χ4v) is 5.04. The SMILES string of the molecule is CCOC(=O)C1=C(COC(=O)c2cc3c(C)nn(-c4ccc(F)cc4)c3s2)NC(=O)NC1c1ccco1. The summed E-state index contributed by atoms with van der Waals surface area (Å²) in [6.07, 6.45) is 1.42. The van der Waals surface area contributed by atoms with Gasteiger partial charge in [0.2, 0.25) is 0 Å². The van der Waals surface area contributed by atoms with Gasteiger partial charge in [0.1, 0.15) is 33.9 Å². The van der Waals surface area contributed by atoms with Crippen LogP contribution in [0.2, 0.25) is 0 Å². The lowest BCUT2D eigenvalue weighted by atomic mass is 10.0. The third kappa shape index (κ3) is 4.70. The third-order valence-corrected chi connectivity index (χ3v) is 6.73. The van der Waals surface area contributed by atoms with Crippen LogP contribution in [0.4, 0.5) is 9.18 Å². The number of aromatic nitrogens is 2. The van der Waals surface area contributed by atoms with Gasteiger partial charge in [0.15, 0.2) is 0 Å². The summed E-state index contributed by atoms with van der Waals surface area (Å²) in [6.45, 7) is 3.20. The summed E-state index contributed by atoms with van der Waals surface area (Å²) in [6, 6.07) is 9.26. The molecule has 5 rings (SSSR count). The molecule has 0 fully saturated rings. The van der Waals surface area contributed by atoms with E-state index in [0.29, 0.717) is 26.8 Å². The van der Waals surface area contributed by atoms with E-state index < -0.39 is 24.0 Å². The molecule has 37 heavy (non-hydrogen) atoms. The van der Waals surface area contributed by atoms with Gasteiger partial charge in [-0.2, -0.15) is 5.10 Å². The van der Waals surface area contributed by atoms with Crippen LogP contribution in [0, 0.1) is 12.7 Å². The second-order valence-corrected chi connectivity index (χ2v) is 9.07. The molecule has 190 valence electrons. The number of ether oxygens (including phenoxy) is 2. The van der Waals surface area contributed by atoms with Gasteiger partial charge >= 0.3 is 18.0 Å². The molecule has 1 aromatic carbocycles. The topological polar surface area (TPSA) is 125 Å². The summed E-state index contributed by atoms with van der Waals surface area (Å²) in [4.78, 5) is 39.0. The molecule has 0 spiro atoms. The molecule has 0 radical (unpaired) electrons. The Morgan fingerprint density at radius 2 is 1.97 bits per heavy atom. The summed E-state index contributed by atoms with van der Waals surface area (Å²) in [7, 11) is 0. The number of nitrogens with zero attached hydrogens (tertiary/aromatic N) is 2. The highest BCUT2D eigenvalue weighted by molar-refractivity contribution is 7.20. The Labute approximate surface area is 213 Å². The van der Waals surface area contributed by atoms with E-state index in [0.717, 1.165) is 16.7 Å². The van der Waals surface area contributed by atoms with Crippen molar-refractivity contribution in [2.75, 3.05) is 13.2 Å². The molecule has 1 unspecified atom stereocenters. The van der Waals surface area contributed by atoms with Crippen molar-refractivity contribution >= 4 is 39.5 Å². The molecule has 2 N–H and O–H groups in total. The summed E-state index contributed by atoms with van der Waals surface area (Å²) in [5.41, 5.74) is 1.50. The number of benzene rings is 1. The maximum Gasteiger partial charge on any atom is 0.348 e. The molecule has 1 aliphatic heterocycles. The summed E-state index contributed by atoms with van der Waals surface area (Å²) in [5, 5.41) is 10.4. The van der Waals surface area contributed by atoms with Gasteiger partial charge in [-0.25, -0.2) is 23.5 Å². The number of esters is 2. The van der Waals surface area contributed by atoms with Crippen molar-refractivity contribution in [2.45, 2.75) is 19.9 Å². The number of amides is 2. The predicted molar refractivity (Wildman–Crippen MR) is 131 cm³/mol. The number of nitrogens with one attached hydrogen (secondary N) is 2. The molecule has 4 heterocycles. The van der Waals surface area contributed by atoms with Crippen LogP contribution in [0.1, 0.15) is 34.1 Å².